The molecule has 2 aromatic carbocycles. The Kier molecular flexibility index (Phi) is 5.34. The number of primary sulfonamides is 1. The highest BCUT2D eigenvalue weighted by Gasteiger charge is 2.23. The second kappa shape index (κ2) is 7.81. The Balaban J connectivity index is 1.82. The summed E-state index contributed by atoms with van der Waals surface area (Å²) in [5, 5.41) is 9.10. The number of hydrogen-bond donors (Lipinski definition) is 2. The van der Waals surface area contributed by atoms with Crippen LogP contribution in [0.15, 0.2) is 41.3 Å². The van der Waals surface area contributed by atoms with Crippen LogP contribution in [0, 0.1) is 6.92 Å². The molecule has 0 radical (unpaired) electrons. The zero-order valence-corrected chi connectivity index (χ0v) is 18.0. The van der Waals surface area contributed by atoms with Crippen molar-refractivity contribution in [3.8, 4) is 0 Å². The summed E-state index contributed by atoms with van der Waals surface area (Å²) in [6.07, 6.45) is 4.29. The van der Waals surface area contributed by atoms with E-state index in [0.29, 0.717) is 23.2 Å². The number of aryl methyl sites for hydroxylation is 3. The van der Waals surface area contributed by atoms with Gasteiger partial charge in [0, 0.05) is 16.8 Å². The SMILES string of the molecule is CCc1ccc(NC(=O)c2c3c(nc4ccc(C)cc24)CCCC3)cc1S(N)(=O)=O. The molecule has 1 heterocycles. The molecule has 1 aromatic heterocycles. The van der Waals surface area contributed by atoms with Crippen molar-refractivity contribution in [3.63, 3.8) is 0 Å². The molecule has 156 valence electrons. The van der Waals surface area contributed by atoms with Gasteiger partial charge in [-0.2, -0.15) is 0 Å². The number of amides is 1. The molecule has 0 bridgehead atoms. The second-order valence-corrected chi connectivity index (χ2v) is 9.34. The highest BCUT2D eigenvalue weighted by molar-refractivity contribution is 7.89. The van der Waals surface area contributed by atoms with Crippen molar-refractivity contribution in [3.05, 3.63) is 64.3 Å². The Morgan fingerprint density at radius 3 is 2.63 bits per heavy atom. The first-order chi connectivity index (χ1) is 14.3. The van der Waals surface area contributed by atoms with Gasteiger partial charge >= 0.3 is 0 Å². The summed E-state index contributed by atoms with van der Waals surface area (Å²) in [5.41, 5.74) is 5.50. The summed E-state index contributed by atoms with van der Waals surface area (Å²) in [6.45, 7) is 3.85. The van der Waals surface area contributed by atoms with Crippen molar-refractivity contribution < 1.29 is 13.2 Å². The van der Waals surface area contributed by atoms with Gasteiger partial charge in [0.1, 0.15) is 0 Å². The molecule has 1 amide bonds. The van der Waals surface area contributed by atoms with E-state index < -0.39 is 10.0 Å². The maximum atomic E-state index is 13.4. The predicted octanol–water partition coefficient (Wildman–Crippen LogP) is 3.88. The van der Waals surface area contributed by atoms with E-state index in [1.807, 2.05) is 32.0 Å². The van der Waals surface area contributed by atoms with E-state index in [4.69, 9.17) is 10.1 Å². The fraction of sp³-hybridized carbons (Fsp3) is 0.304. The maximum absolute atomic E-state index is 13.4. The summed E-state index contributed by atoms with van der Waals surface area (Å²) >= 11 is 0. The van der Waals surface area contributed by atoms with Gasteiger partial charge in [0.2, 0.25) is 10.0 Å². The van der Waals surface area contributed by atoms with Crippen LogP contribution in [0.3, 0.4) is 0 Å². The molecule has 6 nitrogen and oxygen atoms in total. The third kappa shape index (κ3) is 3.82. The number of rotatable bonds is 4. The number of carbonyl (C=O) groups excluding carboxylic acids is 1. The summed E-state index contributed by atoms with van der Waals surface area (Å²) in [4.78, 5) is 18.2. The number of nitrogens with zero attached hydrogens (tertiary/aromatic N) is 1. The number of sulfonamides is 1. The zero-order valence-electron chi connectivity index (χ0n) is 17.2. The first-order valence-corrected chi connectivity index (χ1v) is 11.7. The number of fused-ring (bicyclic) bond motifs is 2. The van der Waals surface area contributed by atoms with Gasteiger partial charge in [-0.15, -0.1) is 0 Å². The zero-order chi connectivity index (χ0) is 21.5. The third-order valence-corrected chi connectivity index (χ3v) is 6.65. The fourth-order valence-electron chi connectivity index (χ4n) is 4.18. The van der Waals surface area contributed by atoms with Crippen LogP contribution in [-0.4, -0.2) is 19.3 Å². The summed E-state index contributed by atoms with van der Waals surface area (Å²) in [7, 11) is -3.88. The molecule has 1 aliphatic carbocycles. The number of nitrogens with two attached hydrogens (primary N) is 1. The normalized spacial score (nSPS) is 13.8. The molecule has 0 saturated carbocycles. The average Bonchev–Trinajstić information content (AvgIpc) is 2.71. The van der Waals surface area contributed by atoms with Gasteiger partial charge in [0.25, 0.3) is 5.91 Å². The number of benzene rings is 2. The van der Waals surface area contributed by atoms with E-state index in [9.17, 15) is 13.2 Å². The van der Waals surface area contributed by atoms with Gasteiger partial charge in [-0.3, -0.25) is 9.78 Å². The molecule has 0 aliphatic heterocycles. The smallest absolute Gasteiger partial charge is 0.256 e. The minimum Gasteiger partial charge on any atom is -0.322 e. The van der Waals surface area contributed by atoms with E-state index in [1.54, 1.807) is 12.1 Å². The van der Waals surface area contributed by atoms with Crippen LogP contribution in [0.25, 0.3) is 10.9 Å². The Morgan fingerprint density at radius 1 is 1.13 bits per heavy atom. The highest BCUT2D eigenvalue weighted by atomic mass is 32.2. The lowest BCUT2D eigenvalue weighted by molar-refractivity contribution is 0.102. The molecule has 4 rings (SSSR count). The lowest BCUT2D eigenvalue weighted by Crippen LogP contribution is -2.20. The van der Waals surface area contributed by atoms with Crippen molar-refractivity contribution >= 4 is 32.5 Å². The van der Waals surface area contributed by atoms with Crippen LogP contribution >= 0.6 is 0 Å². The first-order valence-electron chi connectivity index (χ1n) is 10.2. The van der Waals surface area contributed by atoms with Crippen LogP contribution < -0.4 is 10.5 Å². The van der Waals surface area contributed by atoms with Crippen LogP contribution in [0.5, 0.6) is 0 Å². The van der Waals surface area contributed by atoms with Gasteiger partial charge in [0.15, 0.2) is 0 Å². The molecular formula is C23H25N3O3S. The molecule has 1 aliphatic rings. The Bertz CT molecular complexity index is 1270. The minimum absolute atomic E-state index is 0.0419. The molecule has 30 heavy (non-hydrogen) atoms. The van der Waals surface area contributed by atoms with Crippen molar-refractivity contribution in [2.45, 2.75) is 50.8 Å². The Morgan fingerprint density at radius 2 is 1.90 bits per heavy atom. The van der Waals surface area contributed by atoms with E-state index in [2.05, 4.69) is 5.32 Å². The topological polar surface area (TPSA) is 102 Å². The van der Waals surface area contributed by atoms with Gasteiger partial charge in [-0.1, -0.05) is 24.6 Å². The lowest BCUT2D eigenvalue weighted by atomic mass is 9.89. The number of carbonyl (C=O) groups is 1. The van der Waals surface area contributed by atoms with E-state index >= 15 is 0 Å². The number of pyridine rings is 1. The maximum Gasteiger partial charge on any atom is 0.256 e. The molecule has 0 unspecified atom stereocenters. The van der Waals surface area contributed by atoms with Crippen molar-refractivity contribution in [2.75, 3.05) is 5.32 Å². The minimum atomic E-state index is -3.88. The van der Waals surface area contributed by atoms with Gasteiger partial charge in [0.05, 0.1) is 16.0 Å². The van der Waals surface area contributed by atoms with E-state index in [0.717, 1.165) is 53.4 Å². The van der Waals surface area contributed by atoms with Crippen LogP contribution in [0.1, 0.15) is 52.5 Å². The van der Waals surface area contributed by atoms with E-state index in [1.165, 1.54) is 6.07 Å². The molecule has 3 aromatic rings. The predicted molar refractivity (Wildman–Crippen MR) is 118 cm³/mol. The van der Waals surface area contributed by atoms with Crippen LogP contribution in [-0.2, 0) is 29.3 Å². The second-order valence-electron chi connectivity index (χ2n) is 7.81. The van der Waals surface area contributed by atoms with Crippen LogP contribution in [0.2, 0.25) is 0 Å². The lowest BCUT2D eigenvalue weighted by Gasteiger charge is -2.21. The number of aromatic nitrogens is 1. The summed E-state index contributed by atoms with van der Waals surface area (Å²) in [5.74, 6) is -0.254. The van der Waals surface area contributed by atoms with Gasteiger partial charge in [-0.25, -0.2) is 13.6 Å². The first kappa shape index (κ1) is 20.5. The number of nitrogens with one attached hydrogen (secondary N) is 1. The number of hydrogen-bond acceptors (Lipinski definition) is 4. The Labute approximate surface area is 176 Å². The molecule has 7 heteroatoms. The quantitative estimate of drug-likeness (QED) is 0.665. The van der Waals surface area contributed by atoms with Crippen LogP contribution in [0.4, 0.5) is 5.69 Å². The summed E-state index contributed by atoms with van der Waals surface area (Å²) < 4.78 is 24.0. The molecule has 0 spiro atoms. The Hall–Kier alpha value is -2.77. The van der Waals surface area contributed by atoms with Crippen molar-refractivity contribution in [2.24, 2.45) is 5.14 Å². The average molecular weight is 424 g/mol. The van der Waals surface area contributed by atoms with E-state index in [-0.39, 0.29) is 10.8 Å². The standard InChI is InChI=1S/C23H25N3O3S/c1-3-15-9-10-16(13-21(15)30(24,28)29)25-23(27)22-17-6-4-5-7-19(17)26-20-11-8-14(2)12-18(20)22/h8-13H,3-7H2,1-2H3,(H,25,27)(H2,24,28,29). The summed E-state index contributed by atoms with van der Waals surface area (Å²) in [6, 6.07) is 10.8. The number of anilines is 1. The monoisotopic (exact) mass is 423 g/mol. The highest BCUT2D eigenvalue weighted by Crippen LogP contribution is 2.31. The van der Waals surface area contributed by atoms with Gasteiger partial charge in [-0.05, 0) is 74.4 Å². The molecule has 0 saturated heterocycles. The van der Waals surface area contributed by atoms with Crippen molar-refractivity contribution in [1.82, 2.24) is 4.98 Å². The fourth-order valence-corrected chi connectivity index (χ4v) is 5.05. The molecule has 3 N–H and O–H groups in total. The molecule has 0 atom stereocenters. The molecule has 0 fully saturated rings. The van der Waals surface area contributed by atoms with Gasteiger partial charge < -0.3 is 5.32 Å². The van der Waals surface area contributed by atoms with Crippen molar-refractivity contribution in [1.29, 1.82) is 0 Å². The largest absolute Gasteiger partial charge is 0.322 e. The molecular weight excluding hydrogens is 398 g/mol. The third-order valence-electron chi connectivity index (χ3n) is 5.66.